The molecule has 0 aromatic carbocycles. The number of aromatic nitrogens is 1. The second kappa shape index (κ2) is 6.33. The van der Waals surface area contributed by atoms with Crippen molar-refractivity contribution in [3.05, 3.63) is 29.8 Å². The van der Waals surface area contributed by atoms with Crippen molar-refractivity contribution in [3.63, 3.8) is 0 Å². The summed E-state index contributed by atoms with van der Waals surface area (Å²) in [5.74, 6) is 1.68. The lowest BCUT2D eigenvalue weighted by Gasteiger charge is -2.30. The predicted molar refractivity (Wildman–Crippen MR) is 67.7 cm³/mol. The van der Waals surface area contributed by atoms with E-state index in [0.29, 0.717) is 0 Å². The van der Waals surface area contributed by atoms with Crippen LogP contribution in [0.25, 0.3) is 0 Å². The van der Waals surface area contributed by atoms with Crippen LogP contribution in [0.15, 0.2) is 18.5 Å². The predicted octanol–water partition coefficient (Wildman–Crippen LogP) is 2.00. The van der Waals surface area contributed by atoms with Crippen LogP contribution in [0.1, 0.15) is 18.5 Å². The third-order valence-corrected chi connectivity index (χ3v) is 3.74. The first-order valence-corrected chi connectivity index (χ1v) is 7.00. The highest BCUT2D eigenvalue weighted by atomic mass is 32.2. The van der Waals surface area contributed by atoms with Crippen molar-refractivity contribution >= 4 is 11.8 Å². The molecule has 1 aromatic rings. The number of rotatable bonds is 4. The van der Waals surface area contributed by atoms with Gasteiger partial charge in [0.05, 0.1) is 24.9 Å². The molecular formula is C12H17FN2OS. The third kappa shape index (κ3) is 3.40. The quantitative estimate of drug-likeness (QED) is 0.893. The molecule has 0 aliphatic carbocycles. The average molecular weight is 256 g/mol. The molecule has 0 radical (unpaired) electrons. The molecule has 5 heteroatoms. The van der Waals surface area contributed by atoms with Crippen LogP contribution in [-0.4, -0.2) is 35.7 Å². The van der Waals surface area contributed by atoms with Crippen LogP contribution >= 0.6 is 11.8 Å². The number of halogens is 1. The van der Waals surface area contributed by atoms with Crippen LogP contribution in [0.4, 0.5) is 4.39 Å². The highest BCUT2D eigenvalue weighted by molar-refractivity contribution is 7.99. The summed E-state index contributed by atoms with van der Waals surface area (Å²) in [5, 5.41) is 3.35. The maximum atomic E-state index is 13.2. The molecule has 1 fully saturated rings. The van der Waals surface area contributed by atoms with E-state index >= 15 is 0 Å². The second-order valence-electron chi connectivity index (χ2n) is 3.96. The van der Waals surface area contributed by atoms with E-state index in [9.17, 15) is 4.39 Å². The second-order valence-corrected chi connectivity index (χ2v) is 5.11. The lowest BCUT2D eigenvalue weighted by Crippen LogP contribution is -2.38. The Balaban J connectivity index is 2.15. The van der Waals surface area contributed by atoms with E-state index in [1.54, 1.807) is 6.20 Å². The molecule has 3 nitrogen and oxygen atoms in total. The minimum atomic E-state index is -0.297. The fourth-order valence-corrected chi connectivity index (χ4v) is 2.88. The Bertz CT molecular complexity index is 358. The Hall–Kier alpha value is -0.650. The number of likely N-dealkylation sites (N-methyl/N-ethyl adjacent to an activating group) is 1. The first-order chi connectivity index (χ1) is 8.31. The van der Waals surface area contributed by atoms with Gasteiger partial charge in [-0.1, -0.05) is 6.92 Å². The van der Waals surface area contributed by atoms with Gasteiger partial charge in [-0.05, 0) is 18.2 Å². The molecule has 0 saturated carbocycles. The van der Waals surface area contributed by atoms with E-state index in [1.165, 1.54) is 12.3 Å². The zero-order valence-corrected chi connectivity index (χ0v) is 10.7. The molecule has 17 heavy (non-hydrogen) atoms. The van der Waals surface area contributed by atoms with Crippen LogP contribution in [0, 0.1) is 5.82 Å². The highest BCUT2D eigenvalue weighted by Gasteiger charge is 2.26. The van der Waals surface area contributed by atoms with Crippen LogP contribution in [0.3, 0.4) is 0 Å². The van der Waals surface area contributed by atoms with Gasteiger partial charge in [-0.25, -0.2) is 4.39 Å². The maximum Gasteiger partial charge on any atom is 0.141 e. The van der Waals surface area contributed by atoms with Crippen LogP contribution < -0.4 is 5.32 Å². The molecule has 1 aliphatic heterocycles. The summed E-state index contributed by atoms with van der Waals surface area (Å²) < 4.78 is 19.0. The molecule has 1 aromatic heterocycles. The molecule has 1 saturated heterocycles. The minimum Gasteiger partial charge on any atom is -0.375 e. The fourth-order valence-electron chi connectivity index (χ4n) is 1.98. The van der Waals surface area contributed by atoms with Gasteiger partial charge in [-0.2, -0.15) is 11.8 Å². The molecule has 0 spiro atoms. The van der Waals surface area contributed by atoms with Crippen molar-refractivity contribution in [2.24, 2.45) is 0 Å². The lowest BCUT2D eigenvalue weighted by atomic mass is 10.0. The van der Waals surface area contributed by atoms with Crippen molar-refractivity contribution in [3.8, 4) is 0 Å². The van der Waals surface area contributed by atoms with Crippen molar-refractivity contribution in [1.82, 2.24) is 10.3 Å². The number of hydrogen-bond acceptors (Lipinski definition) is 4. The van der Waals surface area contributed by atoms with E-state index in [-0.39, 0.29) is 18.0 Å². The number of hydrogen-bond donors (Lipinski definition) is 1. The van der Waals surface area contributed by atoms with E-state index in [2.05, 4.69) is 10.3 Å². The number of pyridine rings is 1. The highest BCUT2D eigenvalue weighted by Crippen LogP contribution is 2.25. The van der Waals surface area contributed by atoms with Crippen molar-refractivity contribution < 1.29 is 9.13 Å². The first kappa shape index (κ1) is 12.8. The van der Waals surface area contributed by atoms with Gasteiger partial charge in [0.2, 0.25) is 0 Å². The van der Waals surface area contributed by atoms with Gasteiger partial charge in [-0.3, -0.25) is 4.98 Å². The fraction of sp³-hybridized carbons (Fsp3) is 0.583. The van der Waals surface area contributed by atoms with E-state index in [1.807, 2.05) is 18.7 Å². The van der Waals surface area contributed by atoms with Crippen molar-refractivity contribution in [1.29, 1.82) is 0 Å². The number of thioether (sulfide) groups is 1. The van der Waals surface area contributed by atoms with Gasteiger partial charge >= 0.3 is 0 Å². The molecule has 1 aliphatic rings. The lowest BCUT2D eigenvalue weighted by molar-refractivity contribution is 0.0470. The van der Waals surface area contributed by atoms with E-state index in [0.717, 1.165) is 30.2 Å². The normalized spacial score (nSPS) is 22.4. The summed E-state index contributed by atoms with van der Waals surface area (Å²) in [6, 6.07) is 1.55. The Morgan fingerprint density at radius 3 is 3.18 bits per heavy atom. The first-order valence-electron chi connectivity index (χ1n) is 5.84. The SMILES string of the molecule is CCNC(c1cncc(F)c1)C1CSCCO1. The maximum absolute atomic E-state index is 13.2. The number of nitrogens with zero attached hydrogens (tertiary/aromatic N) is 1. The van der Waals surface area contributed by atoms with Gasteiger partial charge < -0.3 is 10.1 Å². The summed E-state index contributed by atoms with van der Waals surface area (Å²) in [5.41, 5.74) is 0.861. The largest absolute Gasteiger partial charge is 0.375 e. The zero-order valence-electron chi connectivity index (χ0n) is 9.86. The molecule has 0 bridgehead atoms. The third-order valence-electron chi connectivity index (χ3n) is 2.72. The molecule has 2 heterocycles. The van der Waals surface area contributed by atoms with Gasteiger partial charge in [0.1, 0.15) is 5.82 Å². The minimum absolute atomic E-state index is 0.0241. The standard InChI is InChI=1S/C12H17FN2OS/c1-2-15-12(11-8-17-4-3-16-11)9-5-10(13)7-14-6-9/h5-7,11-12,15H,2-4,8H2,1H3. The summed E-state index contributed by atoms with van der Waals surface area (Å²) >= 11 is 1.88. The molecular weight excluding hydrogens is 239 g/mol. The van der Waals surface area contributed by atoms with Gasteiger partial charge in [0.15, 0.2) is 0 Å². The molecule has 2 atom stereocenters. The molecule has 2 unspecified atom stereocenters. The van der Waals surface area contributed by atoms with Crippen molar-refractivity contribution in [2.75, 3.05) is 24.7 Å². The van der Waals surface area contributed by atoms with Gasteiger partial charge in [-0.15, -0.1) is 0 Å². The average Bonchev–Trinajstić information content (AvgIpc) is 2.37. The Morgan fingerprint density at radius 1 is 1.65 bits per heavy atom. The molecule has 94 valence electrons. The van der Waals surface area contributed by atoms with Crippen LogP contribution in [-0.2, 0) is 4.74 Å². The number of nitrogens with one attached hydrogen (secondary N) is 1. The Morgan fingerprint density at radius 2 is 2.53 bits per heavy atom. The topological polar surface area (TPSA) is 34.2 Å². The Labute approximate surface area is 105 Å². The van der Waals surface area contributed by atoms with Crippen LogP contribution in [0.2, 0.25) is 0 Å². The summed E-state index contributed by atoms with van der Waals surface area (Å²) in [7, 11) is 0. The molecule has 1 N–H and O–H groups in total. The monoisotopic (exact) mass is 256 g/mol. The summed E-state index contributed by atoms with van der Waals surface area (Å²) in [6.07, 6.45) is 3.03. The van der Waals surface area contributed by atoms with Gasteiger partial charge in [0, 0.05) is 17.7 Å². The van der Waals surface area contributed by atoms with Crippen LogP contribution in [0.5, 0.6) is 0 Å². The molecule has 0 amide bonds. The van der Waals surface area contributed by atoms with E-state index < -0.39 is 0 Å². The Kier molecular flexibility index (Phi) is 4.76. The summed E-state index contributed by atoms with van der Waals surface area (Å²) in [6.45, 7) is 3.63. The smallest absolute Gasteiger partial charge is 0.141 e. The summed E-state index contributed by atoms with van der Waals surface area (Å²) in [4.78, 5) is 3.90. The number of ether oxygens (including phenoxy) is 1. The van der Waals surface area contributed by atoms with Crippen molar-refractivity contribution in [2.45, 2.75) is 19.1 Å². The van der Waals surface area contributed by atoms with Gasteiger partial charge in [0.25, 0.3) is 0 Å². The zero-order chi connectivity index (χ0) is 12.1. The van der Waals surface area contributed by atoms with E-state index in [4.69, 9.17) is 4.74 Å². The molecule has 2 rings (SSSR count).